The van der Waals surface area contributed by atoms with Gasteiger partial charge in [0.15, 0.2) is 0 Å². The second-order valence-corrected chi connectivity index (χ2v) is 4.07. The Balaban J connectivity index is 2.69. The summed E-state index contributed by atoms with van der Waals surface area (Å²) >= 11 is 1.36. The number of hydrogen-bond donors (Lipinski definition) is 1. The smallest absolute Gasteiger partial charge is 0.347 e. The maximum Gasteiger partial charge on any atom is 0.347 e. The highest BCUT2D eigenvalue weighted by atomic mass is 32.1. The number of carboxylic acids is 1. The molecule has 2 rings (SSSR count). The van der Waals surface area contributed by atoms with Crippen molar-refractivity contribution in [2.75, 3.05) is 0 Å². The van der Waals surface area contributed by atoms with E-state index in [0.717, 1.165) is 0 Å². The van der Waals surface area contributed by atoms with E-state index in [-0.39, 0.29) is 5.57 Å². The molecule has 0 aromatic carbocycles. The first-order chi connectivity index (χ1) is 8.24. The summed E-state index contributed by atoms with van der Waals surface area (Å²) in [6.45, 7) is 0. The van der Waals surface area contributed by atoms with E-state index in [4.69, 9.17) is 14.8 Å². The molecule has 0 saturated heterocycles. The lowest BCUT2D eigenvalue weighted by molar-refractivity contribution is -0.132. The van der Waals surface area contributed by atoms with Crippen LogP contribution in [0.4, 0.5) is 0 Å². The average Bonchev–Trinajstić information content (AvgIpc) is 2.98. The Hall–Kier alpha value is -2.32. The number of furan rings is 1. The zero-order valence-corrected chi connectivity index (χ0v) is 9.40. The van der Waals surface area contributed by atoms with E-state index in [1.165, 1.54) is 17.6 Å². The van der Waals surface area contributed by atoms with Crippen LogP contribution in [-0.2, 0) is 4.79 Å². The van der Waals surface area contributed by atoms with E-state index in [1.807, 2.05) is 5.38 Å². The summed E-state index contributed by atoms with van der Waals surface area (Å²) in [5.41, 5.74) is 0.00222. The molecule has 5 heteroatoms. The lowest BCUT2D eigenvalue weighted by Crippen LogP contribution is -2.02. The van der Waals surface area contributed by atoms with Gasteiger partial charge in [0.1, 0.15) is 17.4 Å². The van der Waals surface area contributed by atoms with Crippen LogP contribution in [0.15, 0.2) is 45.9 Å². The molecular formula is C12H7NO3S. The molecule has 0 spiro atoms. The highest BCUT2D eigenvalue weighted by Gasteiger charge is 2.20. The topological polar surface area (TPSA) is 74.2 Å². The van der Waals surface area contributed by atoms with Gasteiger partial charge in [0.25, 0.3) is 0 Å². The lowest BCUT2D eigenvalue weighted by atomic mass is 10.1. The Kier molecular flexibility index (Phi) is 3.08. The van der Waals surface area contributed by atoms with Crippen molar-refractivity contribution >= 4 is 22.9 Å². The first-order valence-electron chi connectivity index (χ1n) is 4.69. The standard InChI is InChI=1S/C12H7NO3S/c13-7-8(12(14)15)11(9-3-1-5-16-9)10-4-2-6-17-10/h1-6H,(H,14,15)/b11-8+. The van der Waals surface area contributed by atoms with Crippen LogP contribution < -0.4 is 0 Å². The van der Waals surface area contributed by atoms with E-state index in [2.05, 4.69) is 0 Å². The fraction of sp³-hybridized carbons (Fsp3) is 0. The first-order valence-corrected chi connectivity index (χ1v) is 5.57. The number of carbonyl (C=O) groups is 1. The van der Waals surface area contributed by atoms with Gasteiger partial charge in [-0.25, -0.2) is 4.79 Å². The second kappa shape index (κ2) is 4.68. The fourth-order valence-electron chi connectivity index (χ4n) is 1.42. The summed E-state index contributed by atoms with van der Waals surface area (Å²) in [6.07, 6.45) is 1.44. The average molecular weight is 245 g/mol. The van der Waals surface area contributed by atoms with E-state index in [0.29, 0.717) is 16.2 Å². The zero-order chi connectivity index (χ0) is 12.3. The maximum atomic E-state index is 11.0. The van der Waals surface area contributed by atoms with Gasteiger partial charge in [0.2, 0.25) is 0 Å². The first kappa shape index (κ1) is 11.2. The largest absolute Gasteiger partial charge is 0.477 e. The molecule has 0 fully saturated rings. The van der Waals surface area contributed by atoms with Crippen LogP contribution in [0.2, 0.25) is 0 Å². The molecule has 2 aromatic heterocycles. The van der Waals surface area contributed by atoms with E-state index >= 15 is 0 Å². The van der Waals surface area contributed by atoms with Gasteiger partial charge in [0.05, 0.1) is 11.8 Å². The molecule has 0 unspecified atom stereocenters. The molecule has 0 amide bonds. The number of hydrogen-bond acceptors (Lipinski definition) is 4. The molecule has 1 N–H and O–H groups in total. The van der Waals surface area contributed by atoms with Crippen molar-refractivity contribution in [2.24, 2.45) is 0 Å². The molecule has 17 heavy (non-hydrogen) atoms. The van der Waals surface area contributed by atoms with Crippen LogP contribution in [0.1, 0.15) is 10.6 Å². The zero-order valence-electron chi connectivity index (χ0n) is 8.58. The normalized spacial score (nSPS) is 11.7. The summed E-state index contributed by atoms with van der Waals surface area (Å²) in [5, 5.41) is 19.8. The number of aliphatic carboxylic acids is 1. The summed E-state index contributed by atoms with van der Waals surface area (Å²) < 4.78 is 5.19. The van der Waals surface area contributed by atoms with Gasteiger partial charge in [0, 0.05) is 4.88 Å². The Morgan fingerprint density at radius 2 is 2.24 bits per heavy atom. The molecule has 0 saturated carbocycles. The minimum atomic E-state index is -1.26. The highest BCUT2D eigenvalue weighted by molar-refractivity contribution is 7.11. The van der Waals surface area contributed by atoms with E-state index in [1.54, 1.807) is 30.3 Å². The number of carboxylic acid groups (broad SMARTS) is 1. The van der Waals surface area contributed by atoms with Crippen molar-refractivity contribution in [2.45, 2.75) is 0 Å². The van der Waals surface area contributed by atoms with Gasteiger partial charge in [-0.3, -0.25) is 0 Å². The summed E-state index contributed by atoms with van der Waals surface area (Å²) in [7, 11) is 0. The fourth-order valence-corrected chi connectivity index (χ4v) is 2.20. The Morgan fingerprint density at radius 3 is 2.71 bits per heavy atom. The Labute approximate surface area is 101 Å². The third-order valence-electron chi connectivity index (χ3n) is 2.11. The quantitative estimate of drug-likeness (QED) is 0.666. The van der Waals surface area contributed by atoms with Crippen molar-refractivity contribution in [1.29, 1.82) is 5.26 Å². The van der Waals surface area contributed by atoms with Crippen LogP contribution in [-0.4, -0.2) is 11.1 Å². The molecule has 0 aliphatic heterocycles. The summed E-state index contributed by atoms with van der Waals surface area (Å²) in [4.78, 5) is 11.7. The Bertz CT molecular complexity index is 552. The Morgan fingerprint density at radius 1 is 1.41 bits per heavy atom. The van der Waals surface area contributed by atoms with Crippen molar-refractivity contribution in [3.8, 4) is 6.07 Å². The van der Waals surface area contributed by atoms with E-state index in [9.17, 15) is 4.79 Å². The predicted octanol–water partition coefficient (Wildman–Crippen LogP) is 2.75. The third-order valence-corrected chi connectivity index (χ3v) is 3.00. The number of nitriles is 1. The maximum absolute atomic E-state index is 11.0. The van der Waals surface area contributed by atoms with Gasteiger partial charge in [-0.1, -0.05) is 6.07 Å². The van der Waals surface area contributed by atoms with Gasteiger partial charge >= 0.3 is 5.97 Å². The van der Waals surface area contributed by atoms with Gasteiger partial charge in [-0.05, 0) is 23.6 Å². The van der Waals surface area contributed by atoms with Gasteiger partial charge < -0.3 is 9.52 Å². The summed E-state index contributed by atoms with van der Waals surface area (Å²) in [5.74, 6) is -0.876. The third kappa shape index (κ3) is 2.12. The van der Waals surface area contributed by atoms with Crippen molar-refractivity contribution < 1.29 is 14.3 Å². The van der Waals surface area contributed by atoms with Gasteiger partial charge in [-0.15, -0.1) is 11.3 Å². The number of rotatable bonds is 3. The minimum Gasteiger partial charge on any atom is -0.477 e. The minimum absolute atomic E-state index is 0.317. The highest BCUT2D eigenvalue weighted by Crippen LogP contribution is 2.30. The number of thiophene rings is 1. The molecule has 0 aliphatic rings. The van der Waals surface area contributed by atoms with Crippen LogP contribution >= 0.6 is 11.3 Å². The SMILES string of the molecule is N#C/C(C(=O)O)=C(/c1ccco1)c1cccs1. The van der Waals surface area contributed by atoms with Crippen LogP contribution in [0.25, 0.3) is 5.57 Å². The van der Waals surface area contributed by atoms with E-state index < -0.39 is 5.97 Å². The van der Waals surface area contributed by atoms with Crippen LogP contribution in [0.5, 0.6) is 0 Å². The predicted molar refractivity (Wildman–Crippen MR) is 62.3 cm³/mol. The molecule has 4 nitrogen and oxygen atoms in total. The van der Waals surface area contributed by atoms with Crippen LogP contribution in [0.3, 0.4) is 0 Å². The molecule has 0 radical (unpaired) electrons. The van der Waals surface area contributed by atoms with Crippen molar-refractivity contribution in [1.82, 2.24) is 0 Å². The molecule has 2 aromatic rings. The molecular weight excluding hydrogens is 238 g/mol. The molecule has 0 atom stereocenters. The lowest BCUT2D eigenvalue weighted by Gasteiger charge is -2.02. The van der Waals surface area contributed by atoms with Crippen LogP contribution in [0, 0.1) is 11.3 Å². The van der Waals surface area contributed by atoms with Crippen molar-refractivity contribution in [3.05, 3.63) is 52.1 Å². The number of nitrogens with zero attached hydrogens (tertiary/aromatic N) is 1. The molecule has 84 valence electrons. The molecule has 2 heterocycles. The van der Waals surface area contributed by atoms with Gasteiger partial charge in [-0.2, -0.15) is 5.26 Å². The molecule has 0 bridgehead atoms. The summed E-state index contributed by atoms with van der Waals surface area (Å²) in [6, 6.07) is 8.54. The monoisotopic (exact) mass is 245 g/mol. The van der Waals surface area contributed by atoms with Crippen molar-refractivity contribution in [3.63, 3.8) is 0 Å². The molecule has 0 aliphatic carbocycles. The second-order valence-electron chi connectivity index (χ2n) is 3.12.